The molecule has 0 bridgehead atoms. The van der Waals surface area contributed by atoms with E-state index >= 15 is 0 Å². The van der Waals surface area contributed by atoms with Crippen molar-refractivity contribution < 1.29 is 4.39 Å². The van der Waals surface area contributed by atoms with Gasteiger partial charge in [0.25, 0.3) is 0 Å². The first-order valence-corrected chi connectivity index (χ1v) is 10.2. The fourth-order valence-electron chi connectivity index (χ4n) is 3.92. The zero-order valence-corrected chi connectivity index (χ0v) is 17.4. The molecule has 5 rings (SSSR count). The molecule has 0 amide bonds. The number of allylic oxidation sites excluding steroid dienone is 2. The number of halogens is 1. The molecule has 0 spiro atoms. The van der Waals surface area contributed by atoms with E-state index in [2.05, 4.69) is 37.8 Å². The minimum Gasteiger partial charge on any atom is -0.338 e. The molecule has 0 aliphatic carbocycles. The normalized spacial score (nSPS) is 12.2. The van der Waals surface area contributed by atoms with Crippen LogP contribution in [-0.4, -0.2) is 26.4 Å². The van der Waals surface area contributed by atoms with E-state index in [0.717, 1.165) is 44.4 Å². The van der Waals surface area contributed by atoms with Crippen LogP contribution in [0.15, 0.2) is 84.6 Å². The van der Waals surface area contributed by atoms with Gasteiger partial charge in [0.2, 0.25) is 0 Å². The van der Waals surface area contributed by atoms with Gasteiger partial charge in [0.1, 0.15) is 17.2 Å². The van der Waals surface area contributed by atoms with Gasteiger partial charge in [0.05, 0.1) is 11.2 Å². The number of rotatable bonds is 5. The summed E-state index contributed by atoms with van der Waals surface area (Å²) < 4.78 is 14.5. The monoisotopic (exact) mass is 421 g/mol. The van der Waals surface area contributed by atoms with E-state index in [0.29, 0.717) is 11.2 Å². The van der Waals surface area contributed by atoms with Gasteiger partial charge in [-0.2, -0.15) is 5.10 Å². The molecular formula is C26H20FN5. The van der Waals surface area contributed by atoms with Crippen LogP contribution in [-0.2, 0) is 0 Å². The average Bonchev–Trinajstić information content (AvgIpc) is 3.43. The number of aromatic amines is 2. The first-order valence-electron chi connectivity index (χ1n) is 10.2. The molecule has 2 N–H and O–H groups in total. The van der Waals surface area contributed by atoms with Crippen LogP contribution in [0.4, 0.5) is 4.39 Å². The Morgan fingerprint density at radius 2 is 1.94 bits per heavy atom. The quantitative estimate of drug-likeness (QED) is 0.317. The Kier molecular flexibility index (Phi) is 4.95. The number of benzene rings is 2. The van der Waals surface area contributed by atoms with Crippen molar-refractivity contribution in [2.45, 2.75) is 6.92 Å². The summed E-state index contributed by atoms with van der Waals surface area (Å²) in [6.45, 7) is 5.61. The summed E-state index contributed by atoms with van der Waals surface area (Å²) in [6.07, 6.45) is 6.97. The predicted molar refractivity (Wildman–Crippen MR) is 129 cm³/mol. The summed E-state index contributed by atoms with van der Waals surface area (Å²) in [4.78, 5) is 11.9. The zero-order valence-electron chi connectivity index (χ0n) is 17.4. The number of fused-ring (bicyclic) bond motifs is 2. The molecule has 6 heteroatoms. The zero-order chi connectivity index (χ0) is 22.1. The number of hydrogen-bond acceptors (Lipinski definition) is 3. The maximum atomic E-state index is 14.5. The maximum absolute atomic E-state index is 14.5. The van der Waals surface area contributed by atoms with E-state index in [9.17, 15) is 4.39 Å². The minimum absolute atomic E-state index is 0.266. The van der Waals surface area contributed by atoms with Crippen molar-refractivity contribution in [1.29, 1.82) is 0 Å². The second-order valence-corrected chi connectivity index (χ2v) is 7.32. The Hall–Kier alpha value is -4.32. The molecule has 0 radical (unpaired) electrons. The number of nitrogens with zero attached hydrogens (tertiary/aromatic N) is 3. The Labute approximate surface area is 184 Å². The Morgan fingerprint density at radius 1 is 1.06 bits per heavy atom. The van der Waals surface area contributed by atoms with Crippen LogP contribution in [0.5, 0.6) is 0 Å². The number of H-pyrrole nitrogens is 2. The van der Waals surface area contributed by atoms with Crippen LogP contribution in [0.1, 0.15) is 12.5 Å². The third-order valence-corrected chi connectivity index (χ3v) is 5.48. The lowest BCUT2D eigenvalue weighted by molar-refractivity contribution is 0.631. The van der Waals surface area contributed by atoms with E-state index in [-0.39, 0.29) is 5.82 Å². The topological polar surface area (TPSA) is 69.7 Å². The second-order valence-electron chi connectivity index (χ2n) is 7.32. The highest BCUT2D eigenvalue weighted by Gasteiger charge is 2.16. The minimum atomic E-state index is -0.266. The van der Waals surface area contributed by atoms with Crippen molar-refractivity contribution >= 4 is 33.7 Å². The molecule has 0 fully saturated rings. The molecule has 0 unspecified atom stereocenters. The van der Waals surface area contributed by atoms with E-state index in [1.54, 1.807) is 24.5 Å². The van der Waals surface area contributed by atoms with Crippen LogP contribution in [0.3, 0.4) is 0 Å². The summed E-state index contributed by atoms with van der Waals surface area (Å²) in [5.41, 5.74) is 6.51. The van der Waals surface area contributed by atoms with Gasteiger partial charge in [-0.05, 0) is 54.0 Å². The summed E-state index contributed by atoms with van der Waals surface area (Å²) in [5.74, 6) is -0.266. The molecule has 0 saturated carbocycles. The third-order valence-electron chi connectivity index (χ3n) is 5.48. The largest absolute Gasteiger partial charge is 0.338 e. The fourth-order valence-corrected chi connectivity index (χ4v) is 3.92. The standard InChI is InChI=1S/C26H20FN5/c1-3-16(15-28-4-2)17-9-10-23-21(13-17)25(32-31-23)24-14-20-18(11-12-29-26(20)30-24)19-7-5-6-8-22(19)27/h3-15H,2H2,1H3,(H,29,30)(H,31,32)/b16-3+,28-15-. The molecule has 0 aliphatic heterocycles. The second kappa shape index (κ2) is 8.07. The van der Waals surface area contributed by atoms with E-state index in [4.69, 9.17) is 0 Å². The Bertz CT molecular complexity index is 1520. The highest BCUT2D eigenvalue weighted by Crippen LogP contribution is 2.34. The molecule has 5 nitrogen and oxygen atoms in total. The third kappa shape index (κ3) is 3.32. The van der Waals surface area contributed by atoms with Crippen molar-refractivity contribution in [1.82, 2.24) is 20.2 Å². The van der Waals surface area contributed by atoms with Crippen molar-refractivity contribution in [3.8, 4) is 22.5 Å². The summed E-state index contributed by atoms with van der Waals surface area (Å²) in [6, 6.07) is 16.7. The summed E-state index contributed by atoms with van der Waals surface area (Å²) in [7, 11) is 0. The van der Waals surface area contributed by atoms with Crippen LogP contribution in [0.25, 0.3) is 50.0 Å². The smallest absolute Gasteiger partial charge is 0.138 e. The summed E-state index contributed by atoms with van der Waals surface area (Å²) >= 11 is 0. The molecule has 0 saturated heterocycles. The number of aliphatic imine (C=N–C) groups is 1. The molecule has 0 aliphatic rings. The van der Waals surface area contributed by atoms with Crippen LogP contribution in [0, 0.1) is 5.82 Å². The number of pyridine rings is 1. The first-order chi connectivity index (χ1) is 15.7. The number of hydrogen-bond donors (Lipinski definition) is 2. The molecule has 0 atom stereocenters. The molecule has 5 aromatic rings. The SMILES string of the molecule is C=C/N=C\C(=C/C)c1ccc2[nH]nc(-c3cc4c(-c5ccccc5F)ccnc4[nH]3)c2c1. The van der Waals surface area contributed by atoms with Crippen molar-refractivity contribution in [2.24, 2.45) is 4.99 Å². The van der Waals surface area contributed by atoms with Crippen LogP contribution >= 0.6 is 0 Å². The molecule has 2 aromatic carbocycles. The van der Waals surface area contributed by atoms with Gasteiger partial charge in [-0.1, -0.05) is 36.9 Å². The maximum Gasteiger partial charge on any atom is 0.138 e. The molecule has 156 valence electrons. The number of nitrogens with one attached hydrogen (secondary N) is 2. The molecule has 3 heterocycles. The predicted octanol–water partition coefficient (Wildman–Crippen LogP) is 6.53. The fraction of sp³-hybridized carbons (Fsp3) is 0.0385. The van der Waals surface area contributed by atoms with Gasteiger partial charge in [-0.25, -0.2) is 9.37 Å². The van der Waals surface area contributed by atoms with Gasteiger partial charge in [-0.3, -0.25) is 10.1 Å². The van der Waals surface area contributed by atoms with Crippen molar-refractivity contribution in [3.05, 3.63) is 91.0 Å². The Morgan fingerprint density at radius 3 is 2.75 bits per heavy atom. The number of aromatic nitrogens is 4. The van der Waals surface area contributed by atoms with Gasteiger partial charge in [0.15, 0.2) is 0 Å². The van der Waals surface area contributed by atoms with Gasteiger partial charge in [-0.15, -0.1) is 0 Å². The highest BCUT2D eigenvalue weighted by atomic mass is 19.1. The van der Waals surface area contributed by atoms with Crippen molar-refractivity contribution in [3.63, 3.8) is 0 Å². The molecule has 32 heavy (non-hydrogen) atoms. The lowest BCUT2D eigenvalue weighted by atomic mass is 10.0. The molecule has 3 aromatic heterocycles. The lowest BCUT2D eigenvalue weighted by Crippen LogP contribution is -1.86. The Balaban J connectivity index is 1.66. The van der Waals surface area contributed by atoms with E-state index < -0.39 is 0 Å². The highest BCUT2D eigenvalue weighted by molar-refractivity contribution is 6.11. The van der Waals surface area contributed by atoms with Gasteiger partial charge in [0, 0.05) is 34.9 Å². The van der Waals surface area contributed by atoms with Crippen LogP contribution < -0.4 is 0 Å². The average molecular weight is 421 g/mol. The van der Waals surface area contributed by atoms with E-state index in [1.165, 1.54) is 12.3 Å². The van der Waals surface area contributed by atoms with Crippen LogP contribution in [0.2, 0.25) is 0 Å². The summed E-state index contributed by atoms with van der Waals surface area (Å²) in [5, 5.41) is 9.44. The lowest BCUT2D eigenvalue weighted by Gasteiger charge is -2.04. The first kappa shape index (κ1) is 19.6. The van der Waals surface area contributed by atoms with Gasteiger partial charge >= 0.3 is 0 Å². The van der Waals surface area contributed by atoms with E-state index in [1.807, 2.05) is 43.3 Å². The molecular weight excluding hydrogens is 401 g/mol. The van der Waals surface area contributed by atoms with Crippen molar-refractivity contribution in [2.75, 3.05) is 0 Å². The van der Waals surface area contributed by atoms with Gasteiger partial charge < -0.3 is 4.98 Å².